The Morgan fingerprint density at radius 3 is 2.75 bits per heavy atom. The standard InChI is InChI=1S/C23H29N5O4/c1-14(2)8-9-26-18-7-6-16(28(30)31)11-17(18)25-22(26)27-19(21(29)32-23(3,4)5)10-15-12-24-13-20(15)27/h6-8,11,19,24H,9-10,12-13H2,1-5H3. The molecular weight excluding hydrogens is 410 g/mol. The van der Waals surface area contributed by atoms with Crippen LogP contribution in [0.4, 0.5) is 11.6 Å². The number of nitro groups is 1. The Morgan fingerprint density at radius 2 is 2.09 bits per heavy atom. The molecular formula is C23H29N5O4. The van der Waals surface area contributed by atoms with E-state index in [0.717, 1.165) is 23.3 Å². The van der Waals surface area contributed by atoms with Crippen LogP contribution in [0.2, 0.25) is 0 Å². The second kappa shape index (κ2) is 8.05. The Bertz CT molecular complexity index is 1150. The fourth-order valence-electron chi connectivity index (χ4n) is 4.19. The van der Waals surface area contributed by atoms with E-state index in [4.69, 9.17) is 9.72 Å². The molecule has 2 aliphatic heterocycles. The summed E-state index contributed by atoms with van der Waals surface area (Å²) in [4.78, 5) is 30.8. The number of imidazole rings is 1. The number of rotatable bonds is 5. The summed E-state index contributed by atoms with van der Waals surface area (Å²) in [6, 6.07) is 4.19. The van der Waals surface area contributed by atoms with E-state index in [0.29, 0.717) is 31.0 Å². The van der Waals surface area contributed by atoms with Gasteiger partial charge in [0.2, 0.25) is 5.95 Å². The first-order valence-electron chi connectivity index (χ1n) is 10.8. The molecule has 9 nitrogen and oxygen atoms in total. The molecule has 9 heteroatoms. The number of allylic oxidation sites excluding steroid dienone is 2. The third-order valence-corrected chi connectivity index (χ3v) is 5.58. The quantitative estimate of drug-likeness (QED) is 0.328. The fraction of sp³-hybridized carbons (Fsp3) is 0.478. The molecule has 0 fully saturated rings. The monoisotopic (exact) mass is 439 g/mol. The molecule has 0 radical (unpaired) electrons. The molecule has 1 atom stereocenters. The van der Waals surface area contributed by atoms with Crippen LogP contribution in [0.15, 0.2) is 41.1 Å². The number of carbonyl (C=O) groups is 1. The fourth-order valence-corrected chi connectivity index (χ4v) is 4.19. The zero-order chi connectivity index (χ0) is 23.2. The van der Waals surface area contributed by atoms with E-state index in [9.17, 15) is 14.9 Å². The van der Waals surface area contributed by atoms with Crippen molar-refractivity contribution in [3.05, 3.63) is 51.2 Å². The van der Waals surface area contributed by atoms with Crippen molar-refractivity contribution in [1.29, 1.82) is 0 Å². The minimum atomic E-state index is -0.600. The molecule has 1 N–H and O–H groups in total. The van der Waals surface area contributed by atoms with Gasteiger partial charge >= 0.3 is 5.97 Å². The molecule has 0 aliphatic carbocycles. The molecule has 2 aliphatic rings. The van der Waals surface area contributed by atoms with Crippen LogP contribution in [0.5, 0.6) is 0 Å². The van der Waals surface area contributed by atoms with Gasteiger partial charge in [-0.2, -0.15) is 0 Å². The van der Waals surface area contributed by atoms with E-state index in [-0.39, 0.29) is 11.7 Å². The first-order valence-corrected chi connectivity index (χ1v) is 10.8. The highest BCUT2D eigenvalue weighted by molar-refractivity contribution is 5.87. The number of carbonyl (C=O) groups excluding carboxylic acids is 1. The van der Waals surface area contributed by atoms with Gasteiger partial charge in [-0.1, -0.05) is 11.6 Å². The Balaban J connectivity index is 1.85. The van der Waals surface area contributed by atoms with Crippen molar-refractivity contribution in [3.8, 4) is 0 Å². The number of esters is 1. The Labute approximate surface area is 186 Å². The smallest absolute Gasteiger partial charge is 0.330 e. The van der Waals surface area contributed by atoms with Gasteiger partial charge in [-0.15, -0.1) is 0 Å². The second-order valence-corrected chi connectivity index (χ2v) is 9.51. The Kier molecular flexibility index (Phi) is 5.54. The van der Waals surface area contributed by atoms with Crippen LogP contribution >= 0.6 is 0 Å². The summed E-state index contributed by atoms with van der Waals surface area (Å²) in [5.74, 6) is 0.307. The predicted molar refractivity (Wildman–Crippen MR) is 122 cm³/mol. The molecule has 0 saturated carbocycles. The van der Waals surface area contributed by atoms with Crippen molar-refractivity contribution < 1.29 is 14.5 Å². The van der Waals surface area contributed by atoms with Crippen molar-refractivity contribution in [2.24, 2.45) is 0 Å². The number of fused-ring (bicyclic) bond motifs is 1. The topological polar surface area (TPSA) is 103 Å². The van der Waals surface area contributed by atoms with Crippen LogP contribution in [-0.2, 0) is 16.1 Å². The van der Waals surface area contributed by atoms with Gasteiger partial charge in [0, 0.05) is 43.9 Å². The number of hydrogen-bond acceptors (Lipinski definition) is 7. The summed E-state index contributed by atoms with van der Waals surface area (Å²) in [6.45, 7) is 11.5. The van der Waals surface area contributed by atoms with Crippen LogP contribution in [0.25, 0.3) is 11.0 Å². The van der Waals surface area contributed by atoms with Gasteiger partial charge in [0.05, 0.1) is 16.0 Å². The SMILES string of the molecule is CC(C)=CCn1c(N2C3=C(CNC3)CC2C(=O)OC(C)(C)C)nc2cc([N+](=O)[O-])ccc21. The van der Waals surface area contributed by atoms with Gasteiger partial charge < -0.3 is 14.6 Å². The lowest BCUT2D eigenvalue weighted by Gasteiger charge is -2.30. The van der Waals surface area contributed by atoms with Crippen molar-refractivity contribution >= 4 is 28.6 Å². The summed E-state index contributed by atoms with van der Waals surface area (Å²) >= 11 is 0. The number of nitrogens with one attached hydrogen (secondary N) is 1. The third-order valence-electron chi connectivity index (χ3n) is 5.58. The Hall–Kier alpha value is -3.20. The second-order valence-electron chi connectivity index (χ2n) is 9.51. The summed E-state index contributed by atoms with van der Waals surface area (Å²) in [5, 5.41) is 14.7. The minimum absolute atomic E-state index is 0.0107. The number of aromatic nitrogens is 2. The van der Waals surface area contributed by atoms with Gasteiger partial charge in [-0.05, 0) is 46.3 Å². The molecule has 0 amide bonds. The molecule has 0 saturated heterocycles. The van der Waals surface area contributed by atoms with Gasteiger partial charge in [-0.3, -0.25) is 15.0 Å². The third kappa shape index (κ3) is 4.12. The molecule has 170 valence electrons. The van der Waals surface area contributed by atoms with Gasteiger partial charge in [0.15, 0.2) is 0 Å². The normalized spacial score (nSPS) is 18.3. The number of benzene rings is 1. The van der Waals surface area contributed by atoms with Crippen molar-refractivity contribution in [1.82, 2.24) is 14.9 Å². The molecule has 2 aromatic rings. The van der Waals surface area contributed by atoms with Crippen LogP contribution in [0, 0.1) is 10.1 Å². The molecule has 4 rings (SSSR count). The maximum Gasteiger partial charge on any atom is 0.330 e. The molecule has 3 heterocycles. The molecule has 0 spiro atoms. The minimum Gasteiger partial charge on any atom is -0.458 e. The summed E-state index contributed by atoms with van der Waals surface area (Å²) in [6.07, 6.45) is 2.65. The number of nitrogens with zero attached hydrogens (tertiary/aromatic N) is 4. The lowest BCUT2D eigenvalue weighted by Crippen LogP contribution is -2.43. The molecule has 1 aromatic carbocycles. The maximum absolute atomic E-state index is 13.2. The first kappa shape index (κ1) is 22.0. The summed E-state index contributed by atoms with van der Waals surface area (Å²) in [7, 11) is 0. The van der Waals surface area contributed by atoms with E-state index < -0.39 is 16.6 Å². The summed E-state index contributed by atoms with van der Waals surface area (Å²) in [5.41, 5.74) is 4.05. The zero-order valence-electron chi connectivity index (χ0n) is 19.1. The van der Waals surface area contributed by atoms with Gasteiger partial charge in [0.1, 0.15) is 11.6 Å². The lowest BCUT2D eigenvalue weighted by atomic mass is 10.1. The number of hydrogen-bond donors (Lipinski definition) is 1. The molecule has 1 unspecified atom stereocenters. The lowest BCUT2D eigenvalue weighted by molar-refractivity contribution is -0.384. The van der Waals surface area contributed by atoms with Crippen LogP contribution < -0.4 is 10.2 Å². The average Bonchev–Trinajstić information content (AvgIpc) is 3.36. The number of non-ortho nitro benzene ring substituents is 1. The maximum atomic E-state index is 13.2. The average molecular weight is 440 g/mol. The van der Waals surface area contributed by atoms with Crippen molar-refractivity contribution in [2.75, 3.05) is 18.0 Å². The van der Waals surface area contributed by atoms with Gasteiger partial charge in [0.25, 0.3) is 5.69 Å². The predicted octanol–water partition coefficient (Wildman–Crippen LogP) is 3.69. The van der Waals surface area contributed by atoms with Crippen molar-refractivity contribution in [2.45, 2.75) is 59.2 Å². The van der Waals surface area contributed by atoms with Crippen LogP contribution in [-0.4, -0.2) is 45.2 Å². The first-order chi connectivity index (χ1) is 15.0. The van der Waals surface area contributed by atoms with E-state index in [2.05, 4.69) is 11.4 Å². The zero-order valence-corrected chi connectivity index (χ0v) is 19.1. The highest BCUT2D eigenvalue weighted by Crippen LogP contribution is 2.38. The van der Waals surface area contributed by atoms with E-state index in [1.54, 1.807) is 6.07 Å². The number of ether oxygens (including phenoxy) is 1. The van der Waals surface area contributed by atoms with E-state index in [1.807, 2.05) is 44.1 Å². The Morgan fingerprint density at radius 1 is 1.34 bits per heavy atom. The van der Waals surface area contributed by atoms with E-state index >= 15 is 0 Å². The molecule has 32 heavy (non-hydrogen) atoms. The van der Waals surface area contributed by atoms with Gasteiger partial charge in [-0.25, -0.2) is 9.78 Å². The van der Waals surface area contributed by atoms with Crippen LogP contribution in [0.1, 0.15) is 41.0 Å². The molecule has 1 aromatic heterocycles. The van der Waals surface area contributed by atoms with E-state index in [1.165, 1.54) is 17.7 Å². The molecule has 0 bridgehead atoms. The highest BCUT2D eigenvalue weighted by atomic mass is 16.6. The highest BCUT2D eigenvalue weighted by Gasteiger charge is 2.43. The summed E-state index contributed by atoms with van der Waals surface area (Å²) < 4.78 is 7.75. The van der Waals surface area contributed by atoms with Crippen molar-refractivity contribution in [3.63, 3.8) is 0 Å². The number of nitro benzene ring substituents is 1. The number of anilines is 1. The largest absolute Gasteiger partial charge is 0.458 e. The van der Waals surface area contributed by atoms with Crippen LogP contribution in [0.3, 0.4) is 0 Å².